The van der Waals surface area contributed by atoms with Gasteiger partial charge in [0.1, 0.15) is 6.10 Å². The summed E-state index contributed by atoms with van der Waals surface area (Å²) in [6.45, 7) is 4.02. The van der Waals surface area contributed by atoms with Crippen molar-refractivity contribution in [2.45, 2.75) is 45.4 Å². The molecule has 156 valence electrons. The number of benzene rings is 2. The highest BCUT2D eigenvalue weighted by atomic mass is 31.2. The SMILES string of the molecule is CC1(C)OC[C@H](C(=O)CCP(=O)(OCc2ccccc2)OCc2ccccc2)O1. The van der Waals surface area contributed by atoms with Crippen LogP contribution in [0.4, 0.5) is 0 Å². The Bertz CT molecular complexity index is 789. The molecule has 6 nitrogen and oxygen atoms in total. The summed E-state index contributed by atoms with van der Waals surface area (Å²) in [5.74, 6) is -0.945. The first-order chi connectivity index (χ1) is 13.9. The number of ketones is 1. The topological polar surface area (TPSA) is 71.1 Å². The van der Waals surface area contributed by atoms with Crippen molar-refractivity contribution in [1.82, 2.24) is 0 Å². The van der Waals surface area contributed by atoms with Crippen LogP contribution in [-0.4, -0.2) is 30.4 Å². The Kier molecular flexibility index (Phi) is 7.38. The number of carbonyl (C=O) groups excluding carboxylic acids is 1. The minimum Gasteiger partial charge on any atom is -0.347 e. The maximum atomic E-state index is 13.3. The molecule has 29 heavy (non-hydrogen) atoms. The fourth-order valence-corrected chi connectivity index (χ4v) is 4.43. The van der Waals surface area contributed by atoms with Crippen molar-refractivity contribution in [2.75, 3.05) is 12.8 Å². The summed E-state index contributed by atoms with van der Waals surface area (Å²) in [7, 11) is -3.49. The van der Waals surface area contributed by atoms with Crippen LogP contribution in [0.1, 0.15) is 31.4 Å². The van der Waals surface area contributed by atoms with E-state index in [9.17, 15) is 9.36 Å². The molecule has 0 N–H and O–H groups in total. The van der Waals surface area contributed by atoms with Crippen molar-refractivity contribution in [1.29, 1.82) is 0 Å². The summed E-state index contributed by atoms with van der Waals surface area (Å²) in [5, 5.41) is 0. The van der Waals surface area contributed by atoms with E-state index in [1.54, 1.807) is 13.8 Å². The molecule has 7 heteroatoms. The second kappa shape index (κ2) is 9.79. The lowest BCUT2D eigenvalue weighted by atomic mass is 10.2. The van der Waals surface area contributed by atoms with Gasteiger partial charge in [-0.1, -0.05) is 60.7 Å². The highest BCUT2D eigenvalue weighted by Crippen LogP contribution is 2.50. The second-order valence-electron chi connectivity index (χ2n) is 7.39. The van der Waals surface area contributed by atoms with Crippen molar-refractivity contribution in [3.8, 4) is 0 Å². The van der Waals surface area contributed by atoms with E-state index in [1.165, 1.54) is 0 Å². The van der Waals surface area contributed by atoms with Crippen LogP contribution in [0.15, 0.2) is 60.7 Å². The molecule has 0 aromatic heterocycles. The predicted molar refractivity (Wildman–Crippen MR) is 109 cm³/mol. The molecule has 0 bridgehead atoms. The largest absolute Gasteiger partial charge is 0.347 e. The number of rotatable bonds is 10. The van der Waals surface area contributed by atoms with Gasteiger partial charge in [0.25, 0.3) is 0 Å². The number of hydrogen-bond donors (Lipinski definition) is 0. The van der Waals surface area contributed by atoms with E-state index in [0.29, 0.717) is 0 Å². The maximum Gasteiger partial charge on any atom is 0.331 e. The van der Waals surface area contributed by atoms with Gasteiger partial charge in [0.2, 0.25) is 0 Å². The van der Waals surface area contributed by atoms with Crippen LogP contribution in [0.5, 0.6) is 0 Å². The predicted octanol–water partition coefficient (Wildman–Crippen LogP) is 4.72. The summed E-state index contributed by atoms with van der Waals surface area (Å²) >= 11 is 0. The summed E-state index contributed by atoms with van der Waals surface area (Å²) < 4.78 is 35.8. The van der Waals surface area contributed by atoms with Gasteiger partial charge in [-0.15, -0.1) is 0 Å². The number of carbonyl (C=O) groups is 1. The van der Waals surface area contributed by atoms with E-state index < -0.39 is 19.5 Å². The molecule has 0 unspecified atom stereocenters. The minimum absolute atomic E-state index is 0.00815. The van der Waals surface area contributed by atoms with Gasteiger partial charge in [-0.05, 0) is 25.0 Å². The van der Waals surface area contributed by atoms with Gasteiger partial charge in [0, 0.05) is 6.42 Å². The van der Waals surface area contributed by atoms with Crippen LogP contribution in [0, 0.1) is 0 Å². The van der Waals surface area contributed by atoms with Gasteiger partial charge in [0.15, 0.2) is 11.6 Å². The third-order valence-electron chi connectivity index (χ3n) is 4.54. The molecular formula is C22H27O6P. The maximum absolute atomic E-state index is 13.3. The fraction of sp³-hybridized carbons (Fsp3) is 0.409. The normalized spacial score (nSPS) is 18.6. The summed E-state index contributed by atoms with van der Waals surface area (Å²) in [5.41, 5.74) is 1.77. The molecule has 1 heterocycles. The zero-order valence-electron chi connectivity index (χ0n) is 16.8. The van der Waals surface area contributed by atoms with Crippen LogP contribution in [0.25, 0.3) is 0 Å². The quantitative estimate of drug-likeness (QED) is 0.520. The molecule has 2 aromatic rings. The minimum atomic E-state index is -3.49. The van der Waals surface area contributed by atoms with Gasteiger partial charge in [-0.3, -0.25) is 9.36 Å². The molecule has 0 radical (unpaired) electrons. The van der Waals surface area contributed by atoms with Crippen LogP contribution in [0.3, 0.4) is 0 Å². The molecule has 0 amide bonds. The molecule has 0 aliphatic carbocycles. The number of ether oxygens (including phenoxy) is 2. The van der Waals surface area contributed by atoms with Crippen LogP contribution < -0.4 is 0 Å². The third-order valence-corrected chi connectivity index (χ3v) is 6.36. The molecular weight excluding hydrogens is 391 g/mol. The summed E-state index contributed by atoms with van der Waals surface area (Å²) in [6.07, 6.45) is -0.627. The number of hydrogen-bond acceptors (Lipinski definition) is 6. The fourth-order valence-electron chi connectivity index (χ4n) is 2.91. The zero-order chi connectivity index (χ0) is 20.7. The average Bonchev–Trinajstić information content (AvgIpc) is 3.11. The van der Waals surface area contributed by atoms with Crippen LogP contribution in [0.2, 0.25) is 0 Å². The molecule has 1 aliphatic rings. The second-order valence-corrected chi connectivity index (χ2v) is 9.57. The monoisotopic (exact) mass is 418 g/mol. The van der Waals surface area contributed by atoms with Crippen molar-refractivity contribution in [3.05, 3.63) is 71.8 Å². The van der Waals surface area contributed by atoms with E-state index in [0.717, 1.165) is 11.1 Å². The molecule has 0 saturated carbocycles. The standard InChI is InChI=1S/C22H27O6P/c1-22(2)25-17-21(28-22)20(23)13-14-29(24,26-15-18-9-5-3-6-10-18)27-16-19-11-7-4-8-12-19/h3-12,21H,13-17H2,1-2H3/t21-/m1/s1. The highest BCUT2D eigenvalue weighted by Gasteiger charge is 2.37. The molecule has 1 atom stereocenters. The van der Waals surface area contributed by atoms with E-state index in [2.05, 4.69) is 0 Å². The zero-order valence-corrected chi connectivity index (χ0v) is 17.7. The first-order valence-electron chi connectivity index (χ1n) is 9.66. The van der Waals surface area contributed by atoms with Gasteiger partial charge in [0.05, 0.1) is 26.0 Å². The first-order valence-corrected chi connectivity index (χ1v) is 11.4. The molecule has 1 aliphatic heterocycles. The molecule has 1 saturated heterocycles. The summed E-state index contributed by atoms with van der Waals surface area (Å²) in [4.78, 5) is 12.5. The Labute approximate surface area is 171 Å². The van der Waals surface area contributed by atoms with E-state index in [1.807, 2.05) is 60.7 Å². The van der Waals surface area contributed by atoms with Gasteiger partial charge in [-0.2, -0.15) is 0 Å². The van der Waals surface area contributed by atoms with Crippen molar-refractivity contribution >= 4 is 13.4 Å². The van der Waals surface area contributed by atoms with Gasteiger partial charge >= 0.3 is 7.60 Å². The Morgan fingerprint density at radius 3 is 1.97 bits per heavy atom. The van der Waals surface area contributed by atoms with Gasteiger partial charge in [-0.25, -0.2) is 0 Å². The molecule has 1 fully saturated rings. The van der Waals surface area contributed by atoms with Gasteiger partial charge < -0.3 is 18.5 Å². The lowest BCUT2D eigenvalue weighted by Crippen LogP contribution is -2.27. The van der Waals surface area contributed by atoms with E-state index >= 15 is 0 Å². The van der Waals surface area contributed by atoms with Crippen molar-refractivity contribution in [3.63, 3.8) is 0 Å². The van der Waals surface area contributed by atoms with E-state index in [-0.39, 0.29) is 38.2 Å². The summed E-state index contributed by atoms with van der Waals surface area (Å²) in [6, 6.07) is 18.9. The Morgan fingerprint density at radius 1 is 1.00 bits per heavy atom. The van der Waals surface area contributed by atoms with Crippen LogP contribution >= 0.6 is 7.60 Å². The highest BCUT2D eigenvalue weighted by molar-refractivity contribution is 7.53. The van der Waals surface area contributed by atoms with Crippen molar-refractivity contribution < 1.29 is 27.9 Å². The van der Waals surface area contributed by atoms with Crippen LogP contribution in [-0.2, 0) is 41.1 Å². The lowest BCUT2D eigenvalue weighted by molar-refractivity contribution is -0.151. The first kappa shape index (κ1) is 21.9. The number of Topliss-reactive ketones (excluding diaryl/α,β-unsaturated/α-hetero) is 1. The molecule has 3 rings (SSSR count). The smallest absolute Gasteiger partial charge is 0.331 e. The third kappa shape index (κ3) is 6.88. The lowest BCUT2D eigenvalue weighted by Gasteiger charge is -2.20. The van der Waals surface area contributed by atoms with Crippen molar-refractivity contribution in [2.24, 2.45) is 0 Å². The average molecular weight is 418 g/mol. The molecule has 0 spiro atoms. The van der Waals surface area contributed by atoms with E-state index in [4.69, 9.17) is 18.5 Å². The Hall–Kier alpha value is -1.82. The Balaban J connectivity index is 1.61. The molecule has 2 aromatic carbocycles. The Morgan fingerprint density at radius 2 is 1.52 bits per heavy atom.